The minimum absolute atomic E-state index is 0.243. The summed E-state index contributed by atoms with van der Waals surface area (Å²) in [4.78, 5) is 0. The molecule has 1 unspecified atom stereocenters. The van der Waals surface area contributed by atoms with Gasteiger partial charge in [-0.25, -0.2) is 0 Å². The van der Waals surface area contributed by atoms with Gasteiger partial charge in [-0.15, -0.1) is 0 Å². The third-order valence-corrected chi connectivity index (χ3v) is 3.40. The van der Waals surface area contributed by atoms with Crippen LogP contribution in [0.1, 0.15) is 30.9 Å². The first-order valence-corrected chi connectivity index (χ1v) is 6.24. The van der Waals surface area contributed by atoms with Crippen molar-refractivity contribution in [2.45, 2.75) is 25.3 Å². The van der Waals surface area contributed by atoms with Crippen molar-refractivity contribution in [3.8, 4) is 11.5 Å². The Morgan fingerprint density at radius 1 is 1.18 bits per heavy atom. The zero-order valence-electron chi connectivity index (χ0n) is 9.82. The highest BCUT2D eigenvalue weighted by Crippen LogP contribution is 2.42. The summed E-state index contributed by atoms with van der Waals surface area (Å²) in [5.41, 5.74) is 4.10. The van der Waals surface area contributed by atoms with Crippen LogP contribution in [-0.2, 0) is 0 Å². The molecule has 0 saturated heterocycles. The highest BCUT2D eigenvalue weighted by atomic mass is 16.5. The molecule has 1 aromatic carbocycles. The topological polar surface area (TPSA) is 56.5 Å². The van der Waals surface area contributed by atoms with E-state index in [4.69, 9.17) is 15.3 Å². The van der Waals surface area contributed by atoms with Crippen LogP contribution in [0.25, 0.3) is 0 Å². The first-order valence-electron chi connectivity index (χ1n) is 6.24. The number of hydrazine groups is 1. The smallest absolute Gasteiger partial charge is 0.161 e. The van der Waals surface area contributed by atoms with Crippen LogP contribution in [0.5, 0.6) is 11.5 Å². The Labute approximate surface area is 101 Å². The fraction of sp³-hybridized carbons (Fsp3) is 0.538. The van der Waals surface area contributed by atoms with Gasteiger partial charge in [-0.05, 0) is 36.5 Å². The lowest BCUT2D eigenvalue weighted by Gasteiger charge is -2.17. The van der Waals surface area contributed by atoms with Crippen LogP contribution in [0, 0.1) is 5.92 Å². The van der Waals surface area contributed by atoms with Gasteiger partial charge in [0, 0.05) is 12.5 Å². The molecule has 4 heteroatoms. The van der Waals surface area contributed by atoms with E-state index >= 15 is 0 Å². The Kier molecular flexibility index (Phi) is 2.91. The molecule has 92 valence electrons. The molecule has 4 nitrogen and oxygen atoms in total. The average Bonchev–Trinajstić information content (AvgIpc) is 3.15. The Morgan fingerprint density at radius 3 is 2.65 bits per heavy atom. The molecule has 1 heterocycles. The van der Waals surface area contributed by atoms with Crippen molar-refractivity contribution >= 4 is 0 Å². The number of ether oxygens (including phenoxy) is 2. The molecule has 1 fully saturated rings. The molecule has 0 amide bonds. The van der Waals surface area contributed by atoms with Crippen LogP contribution < -0.4 is 20.7 Å². The van der Waals surface area contributed by atoms with Crippen LogP contribution in [0.3, 0.4) is 0 Å². The number of hydrogen-bond donors (Lipinski definition) is 2. The number of rotatable bonds is 3. The lowest BCUT2D eigenvalue weighted by molar-refractivity contribution is 0.297. The van der Waals surface area contributed by atoms with E-state index in [1.165, 1.54) is 18.4 Å². The third kappa shape index (κ3) is 2.23. The monoisotopic (exact) mass is 234 g/mol. The largest absolute Gasteiger partial charge is 0.490 e. The molecule has 1 aliphatic carbocycles. The van der Waals surface area contributed by atoms with Crippen molar-refractivity contribution in [3.63, 3.8) is 0 Å². The van der Waals surface area contributed by atoms with E-state index in [1.807, 2.05) is 6.07 Å². The summed E-state index contributed by atoms with van der Waals surface area (Å²) in [5.74, 6) is 7.99. The van der Waals surface area contributed by atoms with Gasteiger partial charge in [-0.2, -0.15) is 0 Å². The normalized spacial score (nSPS) is 20.8. The van der Waals surface area contributed by atoms with E-state index in [-0.39, 0.29) is 6.04 Å². The van der Waals surface area contributed by atoms with Gasteiger partial charge in [-0.3, -0.25) is 11.3 Å². The summed E-state index contributed by atoms with van der Waals surface area (Å²) in [6.45, 7) is 1.45. The molecule has 3 rings (SSSR count). The zero-order valence-corrected chi connectivity index (χ0v) is 9.82. The van der Waals surface area contributed by atoms with Gasteiger partial charge in [0.1, 0.15) is 0 Å². The van der Waals surface area contributed by atoms with Crippen LogP contribution in [0.15, 0.2) is 18.2 Å². The van der Waals surface area contributed by atoms with Crippen molar-refractivity contribution in [1.82, 2.24) is 5.43 Å². The quantitative estimate of drug-likeness (QED) is 0.618. The third-order valence-electron chi connectivity index (χ3n) is 3.40. The van der Waals surface area contributed by atoms with Crippen molar-refractivity contribution < 1.29 is 9.47 Å². The highest BCUT2D eigenvalue weighted by molar-refractivity contribution is 5.44. The standard InChI is InChI=1S/C13H18N2O2/c14-15-13(9-2-3-9)10-4-5-11-12(8-10)17-7-1-6-16-11/h4-5,8-9,13,15H,1-3,6-7,14H2. The van der Waals surface area contributed by atoms with Crippen LogP contribution in [-0.4, -0.2) is 13.2 Å². The highest BCUT2D eigenvalue weighted by Gasteiger charge is 2.32. The molecule has 0 aromatic heterocycles. The summed E-state index contributed by atoms with van der Waals surface area (Å²) in [5, 5.41) is 0. The first-order chi connectivity index (χ1) is 8.38. The number of benzene rings is 1. The van der Waals surface area contributed by atoms with Gasteiger partial charge in [0.2, 0.25) is 0 Å². The van der Waals surface area contributed by atoms with Crippen molar-refractivity contribution in [3.05, 3.63) is 23.8 Å². The molecule has 0 radical (unpaired) electrons. The Morgan fingerprint density at radius 2 is 1.94 bits per heavy atom. The first kappa shape index (κ1) is 10.9. The van der Waals surface area contributed by atoms with E-state index in [1.54, 1.807) is 0 Å². The van der Waals surface area contributed by atoms with Crippen LogP contribution in [0.2, 0.25) is 0 Å². The second kappa shape index (κ2) is 4.55. The molecule has 17 heavy (non-hydrogen) atoms. The molecule has 2 aliphatic rings. The fourth-order valence-electron chi connectivity index (χ4n) is 2.31. The summed E-state index contributed by atoms with van der Waals surface area (Å²) in [6.07, 6.45) is 3.44. The fourth-order valence-corrected chi connectivity index (χ4v) is 2.31. The molecule has 0 spiro atoms. The van der Waals surface area contributed by atoms with E-state index < -0.39 is 0 Å². The number of fused-ring (bicyclic) bond motifs is 1. The van der Waals surface area contributed by atoms with Gasteiger partial charge < -0.3 is 9.47 Å². The van der Waals surface area contributed by atoms with Gasteiger partial charge in [-0.1, -0.05) is 6.07 Å². The molecule has 1 aromatic rings. The van der Waals surface area contributed by atoms with Crippen molar-refractivity contribution in [1.29, 1.82) is 0 Å². The summed E-state index contributed by atoms with van der Waals surface area (Å²) in [7, 11) is 0. The molecule has 1 atom stereocenters. The van der Waals surface area contributed by atoms with Gasteiger partial charge >= 0.3 is 0 Å². The maximum Gasteiger partial charge on any atom is 0.161 e. The summed E-state index contributed by atoms with van der Waals surface area (Å²) >= 11 is 0. The van der Waals surface area contributed by atoms with E-state index in [0.29, 0.717) is 5.92 Å². The SMILES string of the molecule is NNC(c1ccc2c(c1)OCCCO2)C1CC1. The number of nitrogens with one attached hydrogen (secondary N) is 1. The minimum atomic E-state index is 0.243. The molecule has 1 aliphatic heterocycles. The second-order valence-corrected chi connectivity index (χ2v) is 4.74. The lowest BCUT2D eigenvalue weighted by Crippen LogP contribution is -2.29. The number of nitrogens with two attached hydrogens (primary N) is 1. The second-order valence-electron chi connectivity index (χ2n) is 4.74. The maximum atomic E-state index is 5.69. The summed E-state index contributed by atoms with van der Waals surface area (Å²) in [6, 6.07) is 6.37. The van der Waals surface area contributed by atoms with E-state index in [9.17, 15) is 0 Å². The molecular formula is C13H18N2O2. The Bertz CT molecular complexity index is 404. The Balaban J connectivity index is 1.88. The minimum Gasteiger partial charge on any atom is -0.490 e. The lowest BCUT2D eigenvalue weighted by atomic mass is 10.0. The van der Waals surface area contributed by atoms with Crippen LogP contribution in [0.4, 0.5) is 0 Å². The molecule has 0 bridgehead atoms. The maximum absolute atomic E-state index is 5.69. The van der Waals surface area contributed by atoms with E-state index in [0.717, 1.165) is 31.1 Å². The van der Waals surface area contributed by atoms with Gasteiger partial charge in [0.05, 0.1) is 13.2 Å². The van der Waals surface area contributed by atoms with E-state index in [2.05, 4.69) is 17.6 Å². The predicted octanol–water partition coefficient (Wildman–Crippen LogP) is 1.76. The molecule has 1 saturated carbocycles. The zero-order chi connectivity index (χ0) is 11.7. The average molecular weight is 234 g/mol. The van der Waals surface area contributed by atoms with Crippen molar-refractivity contribution in [2.24, 2.45) is 11.8 Å². The predicted molar refractivity (Wildman–Crippen MR) is 64.8 cm³/mol. The van der Waals surface area contributed by atoms with Crippen LogP contribution >= 0.6 is 0 Å². The van der Waals surface area contributed by atoms with Crippen molar-refractivity contribution in [2.75, 3.05) is 13.2 Å². The molecule has 3 N–H and O–H groups in total. The summed E-state index contributed by atoms with van der Waals surface area (Å²) < 4.78 is 11.3. The van der Waals surface area contributed by atoms with Gasteiger partial charge in [0.15, 0.2) is 11.5 Å². The number of hydrogen-bond acceptors (Lipinski definition) is 4. The molecular weight excluding hydrogens is 216 g/mol. The Hall–Kier alpha value is -1.26. The van der Waals surface area contributed by atoms with Gasteiger partial charge in [0.25, 0.3) is 0 Å².